The van der Waals surface area contributed by atoms with Crippen molar-refractivity contribution in [3.8, 4) is 5.75 Å². The Balaban J connectivity index is 3.46. The molecule has 0 aromatic carbocycles. The summed E-state index contributed by atoms with van der Waals surface area (Å²) in [5.41, 5.74) is 2.28. The predicted molar refractivity (Wildman–Crippen MR) is 64.2 cm³/mol. The minimum atomic E-state index is -5.39. The fourth-order valence-corrected chi connectivity index (χ4v) is 1.66. The first kappa shape index (κ1) is 19.0. The second-order valence-corrected chi connectivity index (χ2v) is 4.17. The molecular formula is C12H12F6N2O3. The second kappa shape index (κ2) is 7.02. The maximum Gasteiger partial charge on any atom is 0.573 e. The fourth-order valence-electron chi connectivity index (χ4n) is 1.66. The van der Waals surface area contributed by atoms with Gasteiger partial charge in [0, 0.05) is 6.54 Å². The van der Waals surface area contributed by atoms with Crippen LogP contribution in [0.5, 0.6) is 5.75 Å². The Hall–Kier alpha value is -2.04. The van der Waals surface area contributed by atoms with Gasteiger partial charge in [-0.15, -0.1) is 13.2 Å². The van der Waals surface area contributed by atoms with Crippen molar-refractivity contribution < 1.29 is 40.6 Å². The Bertz CT molecular complexity index is 571. The summed E-state index contributed by atoms with van der Waals surface area (Å²) in [5, 5.41) is 0. The number of carbonyl (C=O) groups is 1. The van der Waals surface area contributed by atoms with E-state index in [1.165, 1.54) is 6.92 Å². The summed E-state index contributed by atoms with van der Waals surface area (Å²) in [5.74, 6) is -2.63. The van der Waals surface area contributed by atoms with E-state index in [9.17, 15) is 31.1 Å². The number of nitrogens with zero attached hydrogens (tertiary/aromatic N) is 1. The lowest BCUT2D eigenvalue weighted by Gasteiger charge is -2.19. The van der Waals surface area contributed by atoms with E-state index in [-0.39, 0.29) is 12.3 Å². The molecule has 0 radical (unpaired) electrons. The van der Waals surface area contributed by atoms with Gasteiger partial charge in [0.15, 0.2) is 5.75 Å². The molecule has 1 aromatic rings. The Morgan fingerprint density at radius 3 is 2.30 bits per heavy atom. The lowest BCUT2D eigenvalue weighted by Crippen LogP contribution is -2.24. The van der Waals surface area contributed by atoms with Crippen LogP contribution in [0.25, 0.3) is 0 Å². The monoisotopic (exact) mass is 346 g/mol. The molecule has 2 N–H and O–H groups in total. The predicted octanol–water partition coefficient (Wildman–Crippen LogP) is 2.56. The highest BCUT2D eigenvalue weighted by molar-refractivity contribution is 5.73. The lowest BCUT2D eigenvalue weighted by molar-refractivity contribution is -0.276. The van der Waals surface area contributed by atoms with E-state index in [1.807, 2.05) is 0 Å². The molecule has 1 rings (SSSR count). The van der Waals surface area contributed by atoms with E-state index in [0.29, 0.717) is 6.07 Å². The van der Waals surface area contributed by atoms with Crippen LogP contribution in [0.3, 0.4) is 0 Å². The lowest BCUT2D eigenvalue weighted by atomic mass is 10.1. The van der Waals surface area contributed by atoms with Gasteiger partial charge in [0.2, 0.25) is 0 Å². The number of esters is 1. The minimum Gasteiger partial charge on any atom is -0.466 e. The third kappa shape index (κ3) is 5.58. The number of halogens is 6. The maximum atomic E-state index is 13.0. The molecule has 23 heavy (non-hydrogen) atoms. The van der Waals surface area contributed by atoms with E-state index in [1.54, 1.807) is 0 Å². The average molecular weight is 346 g/mol. The third-order valence-corrected chi connectivity index (χ3v) is 2.45. The van der Waals surface area contributed by atoms with Crippen molar-refractivity contribution >= 4 is 5.97 Å². The number of nitrogens with two attached hydrogens (primary N) is 1. The number of aromatic nitrogens is 1. The largest absolute Gasteiger partial charge is 0.573 e. The first-order valence-electron chi connectivity index (χ1n) is 6.19. The zero-order valence-electron chi connectivity index (χ0n) is 11.7. The number of alkyl halides is 6. The highest BCUT2D eigenvalue weighted by Gasteiger charge is 2.41. The highest BCUT2D eigenvalue weighted by Crippen LogP contribution is 2.40. The molecule has 11 heteroatoms. The molecule has 5 nitrogen and oxygen atoms in total. The van der Waals surface area contributed by atoms with Crippen molar-refractivity contribution in [1.82, 2.24) is 4.98 Å². The number of rotatable bonds is 5. The quantitative estimate of drug-likeness (QED) is 0.655. The van der Waals surface area contributed by atoms with Crippen LogP contribution < -0.4 is 10.5 Å². The molecule has 0 amide bonds. The molecule has 0 saturated heterocycles. The van der Waals surface area contributed by atoms with Crippen molar-refractivity contribution in [3.63, 3.8) is 0 Å². The van der Waals surface area contributed by atoms with Crippen LogP contribution in [0.15, 0.2) is 6.07 Å². The highest BCUT2D eigenvalue weighted by atomic mass is 19.4. The minimum absolute atomic E-state index is 0.100. The van der Waals surface area contributed by atoms with Crippen LogP contribution >= 0.6 is 0 Å². The molecule has 0 aliphatic rings. The van der Waals surface area contributed by atoms with Gasteiger partial charge in [-0.3, -0.25) is 9.78 Å². The molecule has 130 valence electrons. The van der Waals surface area contributed by atoms with E-state index < -0.39 is 48.5 Å². The molecule has 0 fully saturated rings. The smallest absolute Gasteiger partial charge is 0.466 e. The van der Waals surface area contributed by atoms with Crippen molar-refractivity contribution in [3.05, 3.63) is 23.0 Å². The molecule has 0 spiro atoms. The summed E-state index contributed by atoms with van der Waals surface area (Å²) in [6.45, 7) is 0.859. The van der Waals surface area contributed by atoms with Gasteiger partial charge >= 0.3 is 18.5 Å². The molecule has 0 saturated carbocycles. The Labute approximate surface area is 126 Å². The second-order valence-electron chi connectivity index (χ2n) is 4.17. The molecular weight excluding hydrogens is 334 g/mol. The number of hydrogen-bond acceptors (Lipinski definition) is 5. The maximum absolute atomic E-state index is 13.0. The SMILES string of the molecule is CCOC(=O)Cc1nc(CN)cc(C(F)(F)F)c1OC(F)(F)F. The van der Waals surface area contributed by atoms with Crippen LogP contribution in [-0.2, 0) is 28.7 Å². The fraction of sp³-hybridized carbons (Fsp3) is 0.500. The third-order valence-electron chi connectivity index (χ3n) is 2.45. The first-order chi connectivity index (χ1) is 10.5. The standard InChI is InChI=1S/C12H12F6N2O3/c1-2-22-9(21)4-8-10(23-12(16,17)18)7(11(13,14)15)3-6(5-19)20-8/h3H,2,4-5,19H2,1H3. The summed E-state index contributed by atoms with van der Waals surface area (Å²) in [4.78, 5) is 14.9. The van der Waals surface area contributed by atoms with E-state index >= 15 is 0 Å². The van der Waals surface area contributed by atoms with Crippen molar-refractivity contribution in [2.75, 3.05) is 6.61 Å². The molecule has 1 aromatic heterocycles. The van der Waals surface area contributed by atoms with Gasteiger partial charge in [0.1, 0.15) is 5.56 Å². The van der Waals surface area contributed by atoms with E-state index in [2.05, 4.69) is 14.5 Å². The van der Waals surface area contributed by atoms with Gasteiger partial charge in [0.25, 0.3) is 0 Å². The molecule has 1 heterocycles. The van der Waals surface area contributed by atoms with Crippen LogP contribution in [0.4, 0.5) is 26.3 Å². The van der Waals surface area contributed by atoms with E-state index in [4.69, 9.17) is 5.73 Å². The number of pyridine rings is 1. The van der Waals surface area contributed by atoms with Crippen LogP contribution in [0.2, 0.25) is 0 Å². The van der Waals surface area contributed by atoms with Crippen molar-refractivity contribution in [2.24, 2.45) is 5.73 Å². The summed E-state index contributed by atoms with van der Waals surface area (Å²) >= 11 is 0. The van der Waals surface area contributed by atoms with Crippen molar-refractivity contribution in [1.29, 1.82) is 0 Å². The zero-order chi connectivity index (χ0) is 17.8. The molecule has 0 unspecified atom stereocenters. The summed E-state index contributed by atoms with van der Waals surface area (Å²) in [6.07, 6.45) is -11.5. The number of hydrogen-bond donors (Lipinski definition) is 1. The zero-order valence-corrected chi connectivity index (χ0v) is 11.7. The molecule has 0 bridgehead atoms. The van der Waals surface area contributed by atoms with Crippen LogP contribution in [-0.4, -0.2) is 23.9 Å². The van der Waals surface area contributed by atoms with Gasteiger partial charge in [-0.25, -0.2) is 0 Å². The van der Waals surface area contributed by atoms with Crippen LogP contribution in [0, 0.1) is 0 Å². The Morgan fingerprint density at radius 1 is 1.26 bits per heavy atom. The van der Waals surface area contributed by atoms with Gasteiger partial charge in [-0.2, -0.15) is 13.2 Å². The normalized spacial score (nSPS) is 12.2. The van der Waals surface area contributed by atoms with Gasteiger partial charge in [0.05, 0.1) is 24.4 Å². The van der Waals surface area contributed by atoms with Gasteiger partial charge in [-0.1, -0.05) is 0 Å². The average Bonchev–Trinajstić information content (AvgIpc) is 2.37. The van der Waals surface area contributed by atoms with Crippen molar-refractivity contribution in [2.45, 2.75) is 32.4 Å². The summed E-state index contributed by atoms with van der Waals surface area (Å²) < 4.78 is 84.1. The topological polar surface area (TPSA) is 74.4 Å². The molecule has 0 aliphatic carbocycles. The molecule has 0 aliphatic heterocycles. The van der Waals surface area contributed by atoms with E-state index in [0.717, 1.165) is 0 Å². The van der Waals surface area contributed by atoms with Crippen LogP contribution in [0.1, 0.15) is 23.9 Å². The Kier molecular flexibility index (Phi) is 5.81. The Morgan fingerprint density at radius 2 is 1.87 bits per heavy atom. The number of ether oxygens (including phenoxy) is 2. The first-order valence-corrected chi connectivity index (χ1v) is 6.19. The van der Waals surface area contributed by atoms with Gasteiger partial charge in [-0.05, 0) is 13.0 Å². The summed E-state index contributed by atoms with van der Waals surface area (Å²) in [6, 6.07) is 0.343. The molecule has 0 atom stereocenters. The summed E-state index contributed by atoms with van der Waals surface area (Å²) in [7, 11) is 0. The van der Waals surface area contributed by atoms with Gasteiger partial charge < -0.3 is 15.2 Å². The number of carbonyl (C=O) groups excluding carboxylic acids is 1.